The summed E-state index contributed by atoms with van der Waals surface area (Å²) in [6.45, 7) is 1.89. The van der Waals surface area contributed by atoms with Gasteiger partial charge in [-0.3, -0.25) is 19.2 Å². The lowest BCUT2D eigenvalue weighted by Gasteiger charge is -2.13. The highest BCUT2D eigenvalue weighted by Gasteiger charge is 2.20. The first-order valence-electron chi connectivity index (χ1n) is 17.3. The second-order valence-corrected chi connectivity index (χ2v) is 12.0. The van der Waals surface area contributed by atoms with Crippen LogP contribution in [0.4, 0.5) is 0 Å². The lowest BCUT2D eigenvalue weighted by atomic mass is 9.96. The van der Waals surface area contributed by atoms with Crippen LogP contribution in [0.15, 0.2) is 109 Å². The maximum Gasteiger partial charge on any atom is 0.332 e. The maximum absolute atomic E-state index is 12.8. The number of benzene rings is 4. The van der Waals surface area contributed by atoms with E-state index in [4.69, 9.17) is 28.4 Å². The molecule has 12 nitrogen and oxygen atoms in total. The molecule has 0 radical (unpaired) electrons. The van der Waals surface area contributed by atoms with E-state index in [1.54, 1.807) is 111 Å². The monoisotopic (exact) mass is 738 g/mol. The molecule has 0 aromatic heterocycles. The lowest BCUT2D eigenvalue weighted by molar-refractivity contribution is -0.159. The van der Waals surface area contributed by atoms with Crippen molar-refractivity contribution in [1.82, 2.24) is 0 Å². The maximum atomic E-state index is 12.8. The quantitative estimate of drug-likeness (QED) is 0.0473. The summed E-state index contributed by atoms with van der Waals surface area (Å²) in [7, 11) is 0. The average molecular weight is 739 g/mol. The third-order valence-corrected chi connectivity index (χ3v) is 8.09. The van der Waals surface area contributed by atoms with Gasteiger partial charge in [-0.2, -0.15) is 0 Å². The van der Waals surface area contributed by atoms with Crippen LogP contribution >= 0.6 is 0 Å². The third-order valence-electron chi connectivity index (χ3n) is 8.09. The zero-order valence-corrected chi connectivity index (χ0v) is 30.1. The number of carbonyl (C=O) groups is 6. The van der Waals surface area contributed by atoms with Crippen molar-refractivity contribution >= 4 is 35.4 Å². The lowest BCUT2D eigenvalue weighted by Crippen LogP contribution is -2.22. The highest BCUT2D eigenvalue weighted by molar-refractivity contribution is 6.09. The normalized spacial score (nSPS) is 11.8. The van der Waals surface area contributed by atoms with Crippen LogP contribution < -0.4 is 0 Å². The molecule has 0 amide bonds. The summed E-state index contributed by atoms with van der Waals surface area (Å²) in [6, 6.07) is 31.3. The number of hydrogen-bond acceptors (Lipinski definition) is 12. The minimum absolute atomic E-state index is 0.0401. The predicted octanol–water partition coefficient (Wildman–Crippen LogP) is 5.26. The molecule has 4 rings (SSSR count). The van der Waals surface area contributed by atoms with Gasteiger partial charge in [-0.15, -0.1) is 0 Å². The van der Waals surface area contributed by atoms with E-state index in [1.165, 1.54) is 0 Å². The fourth-order valence-electron chi connectivity index (χ4n) is 5.01. The van der Waals surface area contributed by atoms with E-state index in [2.05, 4.69) is 0 Å². The van der Waals surface area contributed by atoms with Crippen LogP contribution in [0.1, 0.15) is 68.7 Å². The fourth-order valence-corrected chi connectivity index (χ4v) is 5.01. The first-order valence-corrected chi connectivity index (χ1v) is 17.3. The Kier molecular flexibility index (Phi) is 16.3. The number of ether oxygens (including phenoxy) is 6. The van der Waals surface area contributed by atoms with Crippen molar-refractivity contribution in [2.24, 2.45) is 0 Å². The highest BCUT2D eigenvalue weighted by Crippen LogP contribution is 2.21. The van der Waals surface area contributed by atoms with E-state index >= 15 is 0 Å². The molecule has 54 heavy (non-hydrogen) atoms. The molecular weight excluding hydrogens is 696 g/mol. The van der Waals surface area contributed by atoms with Crippen LogP contribution in [0.3, 0.4) is 0 Å². The van der Waals surface area contributed by atoms with Crippen LogP contribution in [-0.4, -0.2) is 88.3 Å². The molecule has 0 unspecified atom stereocenters. The van der Waals surface area contributed by atoms with Crippen LogP contribution in [0, 0.1) is 0 Å². The molecule has 0 aliphatic rings. The first kappa shape index (κ1) is 40.8. The Balaban J connectivity index is 0.999. The fraction of sp³-hybridized carbons (Fsp3) is 0.286. The minimum Gasteiger partial charge on any atom is -0.463 e. The van der Waals surface area contributed by atoms with Gasteiger partial charge in [0.05, 0.1) is 25.0 Å². The second kappa shape index (κ2) is 21.5. The van der Waals surface area contributed by atoms with Gasteiger partial charge < -0.3 is 28.4 Å². The molecule has 282 valence electrons. The molecule has 0 spiro atoms. The van der Waals surface area contributed by atoms with Crippen molar-refractivity contribution in [2.75, 3.05) is 52.9 Å². The molecule has 0 saturated carbocycles. The van der Waals surface area contributed by atoms with Crippen molar-refractivity contribution < 1.29 is 57.2 Å². The summed E-state index contributed by atoms with van der Waals surface area (Å²) < 4.78 is 30.8. The zero-order chi connectivity index (χ0) is 38.7. The van der Waals surface area contributed by atoms with Gasteiger partial charge in [-0.25, -0.2) is 9.59 Å². The van der Waals surface area contributed by atoms with Crippen molar-refractivity contribution in [3.63, 3.8) is 0 Å². The van der Waals surface area contributed by atoms with Crippen LogP contribution in [0.5, 0.6) is 0 Å². The molecule has 4 aromatic carbocycles. The molecule has 0 bridgehead atoms. The number of carbonyl (C=O) groups excluding carboxylic acids is 6. The number of esters is 4. The molecule has 0 heterocycles. The molecule has 0 saturated heterocycles. The molecule has 0 fully saturated rings. The summed E-state index contributed by atoms with van der Waals surface area (Å²) in [5, 5.41) is 0. The van der Waals surface area contributed by atoms with Crippen LogP contribution in [-0.2, 0) is 47.6 Å². The molecule has 4 aromatic rings. The Morgan fingerprint density at radius 1 is 0.426 bits per heavy atom. The van der Waals surface area contributed by atoms with Crippen molar-refractivity contribution in [1.29, 1.82) is 0 Å². The molecule has 0 N–H and O–H groups in total. The van der Waals surface area contributed by atoms with E-state index in [0.717, 1.165) is 0 Å². The van der Waals surface area contributed by atoms with Gasteiger partial charge in [-0.1, -0.05) is 103 Å². The number of hydrogen-bond donors (Lipinski definition) is 0. The van der Waals surface area contributed by atoms with E-state index in [0.29, 0.717) is 33.4 Å². The van der Waals surface area contributed by atoms with Gasteiger partial charge in [0, 0.05) is 22.3 Å². The van der Waals surface area contributed by atoms with Crippen molar-refractivity contribution in [2.45, 2.75) is 25.7 Å². The number of ketones is 2. The average Bonchev–Trinajstić information content (AvgIpc) is 3.21. The van der Waals surface area contributed by atoms with Crippen LogP contribution in [0.25, 0.3) is 0 Å². The van der Waals surface area contributed by atoms with Crippen molar-refractivity contribution in [3.8, 4) is 0 Å². The SMILES string of the molecule is C[C@@H](C(=O)OCCOCC(=O)OCCOC(=O)COCCOC(=O)[C@H](C)c1cccc(C(=O)c2ccccc2)c1)c1ccc(C(=O)c2ccccc2)cc1. The second-order valence-electron chi connectivity index (χ2n) is 12.0. The smallest absolute Gasteiger partial charge is 0.332 e. The van der Waals surface area contributed by atoms with E-state index < -0.39 is 48.9 Å². The van der Waals surface area contributed by atoms with Crippen molar-refractivity contribution in [3.05, 3.63) is 143 Å². The molecule has 0 aliphatic carbocycles. The summed E-state index contributed by atoms with van der Waals surface area (Å²) in [6.07, 6.45) is 0. The molecule has 0 aliphatic heterocycles. The predicted molar refractivity (Wildman–Crippen MR) is 195 cm³/mol. The Morgan fingerprint density at radius 3 is 1.33 bits per heavy atom. The topological polar surface area (TPSA) is 158 Å². The summed E-state index contributed by atoms with van der Waals surface area (Å²) in [4.78, 5) is 74.1. The van der Waals surface area contributed by atoms with E-state index in [1.807, 2.05) is 12.1 Å². The molecular formula is C42H42O12. The Labute approximate surface area is 313 Å². The van der Waals surface area contributed by atoms with E-state index in [-0.39, 0.29) is 51.2 Å². The van der Waals surface area contributed by atoms with Gasteiger partial charge >= 0.3 is 23.9 Å². The summed E-state index contributed by atoms with van der Waals surface area (Å²) >= 11 is 0. The standard InChI is InChI=1S/C42H42O12/c1-29(31-16-18-34(19-17-31)39(45)32-10-5-3-6-11-32)41(47)53-22-20-49-27-37(43)51-24-25-52-38(44)28-50-21-23-54-42(48)30(2)35-14-9-15-36(26-35)40(46)33-12-7-4-8-13-33/h3-19,26,29-30H,20-25,27-28H2,1-2H3/t29-,30-/m1/s1. The van der Waals surface area contributed by atoms with Crippen LogP contribution in [0.2, 0.25) is 0 Å². The largest absolute Gasteiger partial charge is 0.463 e. The molecule has 2 atom stereocenters. The van der Waals surface area contributed by atoms with Gasteiger partial charge in [-0.05, 0) is 31.0 Å². The Hall–Kier alpha value is -5.98. The Morgan fingerprint density at radius 2 is 0.833 bits per heavy atom. The Bertz CT molecular complexity index is 1860. The summed E-state index contributed by atoms with van der Waals surface area (Å²) in [5.41, 5.74) is 3.41. The highest BCUT2D eigenvalue weighted by atomic mass is 16.6. The summed E-state index contributed by atoms with van der Waals surface area (Å²) in [5.74, 6) is -3.86. The first-order chi connectivity index (χ1) is 26.1. The van der Waals surface area contributed by atoms with Gasteiger partial charge in [0.2, 0.25) is 0 Å². The van der Waals surface area contributed by atoms with Gasteiger partial charge in [0.25, 0.3) is 0 Å². The molecule has 12 heteroatoms. The third kappa shape index (κ3) is 12.9. The zero-order valence-electron chi connectivity index (χ0n) is 30.1. The minimum atomic E-state index is -0.699. The van der Waals surface area contributed by atoms with Gasteiger partial charge in [0.1, 0.15) is 39.6 Å². The van der Waals surface area contributed by atoms with Gasteiger partial charge in [0.15, 0.2) is 11.6 Å². The number of rotatable bonds is 21. The van der Waals surface area contributed by atoms with E-state index in [9.17, 15) is 28.8 Å².